The summed E-state index contributed by atoms with van der Waals surface area (Å²) in [5.41, 5.74) is 6.36. The van der Waals surface area contributed by atoms with E-state index in [9.17, 15) is 14.7 Å². The molecule has 3 aliphatic rings. The molecule has 8 nitrogen and oxygen atoms in total. The van der Waals surface area contributed by atoms with Crippen LogP contribution in [0.15, 0.2) is 66.7 Å². The van der Waals surface area contributed by atoms with E-state index in [0.29, 0.717) is 11.0 Å². The van der Waals surface area contributed by atoms with Gasteiger partial charge in [0.2, 0.25) is 0 Å². The van der Waals surface area contributed by atoms with Crippen LogP contribution in [0.4, 0.5) is 10.5 Å². The second kappa shape index (κ2) is 14.5. The van der Waals surface area contributed by atoms with E-state index in [1.807, 2.05) is 49.9 Å². The topological polar surface area (TPSA) is 76.6 Å². The minimum Gasteiger partial charge on any atom is -0.478 e. The van der Waals surface area contributed by atoms with Gasteiger partial charge in [0.15, 0.2) is 0 Å². The molecule has 9 heteroatoms. The number of anilines is 1. The third-order valence-corrected chi connectivity index (χ3v) is 10.6. The highest BCUT2D eigenvalue weighted by Crippen LogP contribution is 2.42. The monoisotopic (exact) mass is 672 g/mol. The number of piperazine rings is 1. The summed E-state index contributed by atoms with van der Waals surface area (Å²) in [6.45, 7) is 15.0. The Morgan fingerprint density at radius 2 is 1.38 bits per heavy atom. The lowest BCUT2D eigenvalue weighted by Gasteiger charge is -2.47. The Hall–Kier alpha value is -3.59. The molecule has 0 aliphatic carbocycles. The van der Waals surface area contributed by atoms with Crippen molar-refractivity contribution in [2.75, 3.05) is 57.3 Å². The van der Waals surface area contributed by atoms with Crippen LogP contribution in [0.3, 0.4) is 0 Å². The van der Waals surface area contributed by atoms with Gasteiger partial charge in [0, 0.05) is 63.1 Å². The Morgan fingerprint density at radius 1 is 0.771 bits per heavy atom. The first-order valence-electron chi connectivity index (χ1n) is 17.3. The number of piperidine rings is 2. The van der Waals surface area contributed by atoms with Crippen LogP contribution in [0.2, 0.25) is 5.02 Å². The predicted octanol–water partition coefficient (Wildman–Crippen LogP) is 7.64. The van der Waals surface area contributed by atoms with Crippen LogP contribution in [0.25, 0.3) is 11.1 Å². The molecule has 1 spiro atoms. The van der Waals surface area contributed by atoms with Gasteiger partial charge >= 0.3 is 12.1 Å². The van der Waals surface area contributed by atoms with Gasteiger partial charge in [-0.05, 0) is 124 Å². The molecular formula is C39H49ClN4O4. The molecule has 3 saturated heterocycles. The number of benzene rings is 3. The fraction of sp³-hybridized carbons (Fsp3) is 0.487. The number of aromatic carboxylic acids is 1. The maximum Gasteiger partial charge on any atom is 0.410 e. The van der Waals surface area contributed by atoms with Gasteiger partial charge in [-0.3, -0.25) is 9.80 Å². The molecule has 6 rings (SSSR count). The number of amides is 1. The standard InChI is InChI=1S/C39H49ClN4O4/c1-38(2,3)48-37(47)44-20-16-39(17-21-44)14-18-41(19-15-39)27-29-4-13-35(30-5-9-33(40)10-6-30)32(26-29)28-42-22-24-43(25-23-42)34-11-7-31(8-12-34)36(45)46/h4-13,26H,14-25,27-28H2,1-3H3,(H,45,46). The average Bonchev–Trinajstić information content (AvgIpc) is 3.06. The second-order valence-electron chi connectivity index (χ2n) is 14.9. The fourth-order valence-corrected chi connectivity index (χ4v) is 7.57. The molecule has 3 aromatic rings. The largest absolute Gasteiger partial charge is 0.478 e. The van der Waals surface area contributed by atoms with E-state index >= 15 is 0 Å². The number of carboxylic acid groups (broad SMARTS) is 1. The molecule has 3 aliphatic heterocycles. The van der Waals surface area contributed by atoms with Gasteiger partial charge in [-0.1, -0.05) is 41.9 Å². The number of halogens is 1. The van der Waals surface area contributed by atoms with Crippen molar-refractivity contribution in [3.8, 4) is 11.1 Å². The molecule has 0 atom stereocenters. The molecule has 3 heterocycles. The Bertz CT molecular complexity index is 1560. The van der Waals surface area contributed by atoms with E-state index in [-0.39, 0.29) is 6.09 Å². The first kappa shape index (κ1) is 34.3. The van der Waals surface area contributed by atoms with Crippen molar-refractivity contribution >= 4 is 29.4 Å². The summed E-state index contributed by atoms with van der Waals surface area (Å²) < 4.78 is 5.62. The molecule has 0 saturated carbocycles. The Balaban J connectivity index is 1.08. The van der Waals surface area contributed by atoms with Crippen molar-refractivity contribution in [2.24, 2.45) is 5.41 Å². The van der Waals surface area contributed by atoms with E-state index < -0.39 is 11.6 Å². The summed E-state index contributed by atoms with van der Waals surface area (Å²) in [5.74, 6) is -0.897. The van der Waals surface area contributed by atoms with Crippen molar-refractivity contribution in [2.45, 2.75) is 65.1 Å². The summed E-state index contributed by atoms with van der Waals surface area (Å²) in [7, 11) is 0. The molecule has 0 unspecified atom stereocenters. The van der Waals surface area contributed by atoms with Gasteiger partial charge in [0.1, 0.15) is 5.60 Å². The number of likely N-dealkylation sites (tertiary alicyclic amines) is 2. The molecule has 256 valence electrons. The molecule has 0 bridgehead atoms. The molecule has 1 amide bonds. The molecule has 3 fully saturated rings. The molecule has 48 heavy (non-hydrogen) atoms. The zero-order valence-electron chi connectivity index (χ0n) is 28.6. The molecule has 1 N–H and O–H groups in total. The van der Waals surface area contributed by atoms with Gasteiger partial charge in [-0.15, -0.1) is 0 Å². The highest BCUT2D eigenvalue weighted by Gasteiger charge is 2.39. The van der Waals surface area contributed by atoms with Crippen LogP contribution in [0, 0.1) is 5.41 Å². The van der Waals surface area contributed by atoms with Crippen LogP contribution < -0.4 is 4.90 Å². The smallest absolute Gasteiger partial charge is 0.410 e. The highest BCUT2D eigenvalue weighted by atomic mass is 35.5. The number of carboxylic acids is 1. The normalized spacial score (nSPS) is 19.0. The number of hydrogen-bond donors (Lipinski definition) is 1. The van der Waals surface area contributed by atoms with E-state index in [1.165, 1.54) is 35.1 Å². The summed E-state index contributed by atoms with van der Waals surface area (Å²) in [5, 5.41) is 9.99. The van der Waals surface area contributed by atoms with E-state index in [1.54, 1.807) is 12.1 Å². The van der Waals surface area contributed by atoms with Crippen molar-refractivity contribution in [3.05, 3.63) is 88.4 Å². The van der Waals surface area contributed by atoms with E-state index in [0.717, 1.165) is 89.0 Å². The van der Waals surface area contributed by atoms with Gasteiger partial charge < -0.3 is 19.6 Å². The van der Waals surface area contributed by atoms with Crippen LogP contribution >= 0.6 is 11.6 Å². The number of nitrogens with zero attached hydrogens (tertiary/aromatic N) is 4. The van der Waals surface area contributed by atoms with E-state index in [2.05, 4.69) is 45.0 Å². The minimum atomic E-state index is -0.897. The Kier molecular flexibility index (Phi) is 10.3. The van der Waals surface area contributed by atoms with Gasteiger partial charge in [-0.25, -0.2) is 9.59 Å². The predicted molar refractivity (Wildman–Crippen MR) is 192 cm³/mol. The summed E-state index contributed by atoms with van der Waals surface area (Å²) in [6.07, 6.45) is 4.28. The van der Waals surface area contributed by atoms with Crippen LogP contribution in [-0.2, 0) is 17.8 Å². The highest BCUT2D eigenvalue weighted by molar-refractivity contribution is 6.30. The second-order valence-corrected chi connectivity index (χ2v) is 15.3. The number of ether oxygens (including phenoxy) is 1. The van der Waals surface area contributed by atoms with Gasteiger partial charge in [0.05, 0.1) is 5.56 Å². The average molecular weight is 673 g/mol. The molecule has 3 aromatic carbocycles. The van der Waals surface area contributed by atoms with Crippen molar-refractivity contribution in [1.82, 2.24) is 14.7 Å². The summed E-state index contributed by atoms with van der Waals surface area (Å²) >= 11 is 6.24. The zero-order valence-corrected chi connectivity index (χ0v) is 29.3. The number of carbonyl (C=O) groups is 2. The third kappa shape index (κ3) is 8.52. The lowest BCUT2D eigenvalue weighted by Crippen LogP contribution is -2.49. The zero-order chi connectivity index (χ0) is 33.9. The van der Waals surface area contributed by atoms with E-state index in [4.69, 9.17) is 16.3 Å². The van der Waals surface area contributed by atoms with Crippen molar-refractivity contribution in [1.29, 1.82) is 0 Å². The number of carbonyl (C=O) groups excluding carboxylic acids is 1. The number of rotatable bonds is 7. The lowest BCUT2D eigenvalue weighted by atomic mass is 9.71. The Morgan fingerprint density at radius 3 is 1.98 bits per heavy atom. The van der Waals surface area contributed by atoms with Crippen LogP contribution in [0.5, 0.6) is 0 Å². The lowest BCUT2D eigenvalue weighted by molar-refractivity contribution is -0.00313. The molecule has 0 aromatic heterocycles. The van der Waals surface area contributed by atoms with Crippen LogP contribution in [0.1, 0.15) is 67.9 Å². The molecular weight excluding hydrogens is 624 g/mol. The minimum absolute atomic E-state index is 0.179. The Labute approximate surface area is 290 Å². The summed E-state index contributed by atoms with van der Waals surface area (Å²) in [6, 6.07) is 22.3. The quantitative estimate of drug-likeness (QED) is 0.276. The first-order chi connectivity index (χ1) is 23.0. The van der Waals surface area contributed by atoms with Crippen molar-refractivity contribution in [3.63, 3.8) is 0 Å². The fourth-order valence-electron chi connectivity index (χ4n) is 7.44. The maximum atomic E-state index is 12.6. The first-order valence-corrected chi connectivity index (χ1v) is 17.7. The third-order valence-electron chi connectivity index (χ3n) is 10.4. The van der Waals surface area contributed by atoms with Crippen LogP contribution in [-0.4, -0.2) is 89.8 Å². The van der Waals surface area contributed by atoms with Gasteiger partial charge in [-0.2, -0.15) is 0 Å². The van der Waals surface area contributed by atoms with Gasteiger partial charge in [0.25, 0.3) is 0 Å². The van der Waals surface area contributed by atoms with Crippen molar-refractivity contribution < 1.29 is 19.4 Å². The molecule has 0 radical (unpaired) electrons. The SMILES string of the molecule is CC(C)(C)OC(=O)N1CCC2(CCN(Cc3ccc(-c4ccc(Cl)cc4)c(CN4CCN(c5ccc(C(=O)O)cc5)CC4)c3)CC2)CC1. The summed E-state index contributed by atoms with van der Waals surface area (Å²) in [4.78, 5) is 33.2. The maximum absolute atomic E-state index is 12.6. The number of hydrogen-bond acceptors (Lipinski definition) is 6.